The number of hydrogen-bond donors (Lipinski definition) is 1. The maximum atomic E-state index is 5.94. The van der Waals surface area contributed by atoms with Crippen molar-refractivity contribution in [1.82, 2.24) is 14.8 Å². The molecular weight excluding hydrogens is 204 g/mol. The maximum absolute atomic E-state index is 5.94. The van der Waals surface area contributed by atoms with E-state index in [1.165, 1.54) is 0 Å². The number of rotatable bonds is 1. The van der Waals surface area contributed by atoms with Crippen LogP contribution in [0, 0.1) is 0 Å². The summed E-state index contributed by atoms with van der Waals surface area (Å²) in [7, 11) is 0. The molecule has 0 aromatic carbocycles. The summed E-state index contributed by atoms with van der Waals surface area (Å²) in [5, 5.41) is 8.63. The van der Waals surface area contributed by atoms with Crippen LogP contribution in [0.5, 0.6) is 0 Å². The average Bonchev–Trinajstić information content (AvgIpc) is 2.73. The summed E-state index contributed by atoms with van der Waals surface area (Å²) in [4.78, 5) is 0. The molecule has 5 nitrogen and oxygen atoms in total. The first-order chi connectivity index (χ1) is 7.84. The molecule has 1 atom stereocenters. The van der Waals surface area contributed by atoms with Crippen molar-refractivity contribution in [2.75, 3.05) is 13.2 Å². The highest BCUT2D eigenvalue weighted by atomic mass is 16.5. The predicted molar refractivity (Wildman–Crippen MR) is 59.1 cm³/mol. The quantitative estimate of drug-likeness (QED) is 0.749. The Morgan fingerprint density at radius 1 is 1.19 bits per heavy atom. The molecule has 1 fully saturated rings. The van der Waals surface area contributed by atoms with Crippen molar-refractivity contribution in [2.45, 2.75) is 44.2 Å². The van der Waals surface area contributed by atoms with Crippen LogP contribution in [0.25, 0.3) is 0 Å². The molecule has 3 rings (SSSR count). The molecule has 0 amide bonds. The van der Waals surface area contributed by atoms with Crippen molar-refractivity contribution >= 4 is 0 Å². The number of nitrogens with zero attached hydrogens (tertiary/aromatic N) is 3. The second-order valence-electron chi connectivity index (χ2n) is 4.77. The van der Waals surface area contributed by atoms with Gasteiger partial charge in [0.1, 0.15) is 11.6 Å². The Balaban J connectivity index is 1.85. The van der Waals surface area contributed by atoms with Crippen LogP contribution in [0.15, 0.2) is 0 Å². The molecular formula is C11H18N4O. The van der Waals surface area contributed by atoms with Gasteiger partial charge in [-0.25, -0.2) is 0 Å². The third-order valence-electron chi connectivity index (χ3n) is 3.61. The lowest BCUT2D eigenvalue weighted by atomic mass is 9.98. The van der Waals surface area contributed by atoms with Crippen LogP contribution in [-0.4, -0.2) is 34.0 Å². The third kappa shape index (κ3) is 1.74. The van der Waals surface area contributed by atoms with E-state index >= 15 is 0 Å². The largest absolute Gasteiger partial charge is 0.381 e. The summed E-state index contributed by atoms with van der Waals surface area (Å²) < 4.78 is 7.66. The van der Waals surface area contributed by atoms with Crippen LogP contribution in [0.2, 0.25) is 0 Å². The average molecular weight is 222 g/mol. The van der Waals surface area contributed by atoms with Crippen LogP contribution in [0.1, 0.15) is 36.8 Å². The van der Waals surface area contributed by atoms with Crippen molar-refractivity contribution in [3.05, 3.63) is 11.6 Å². The lowest BCUT2D eigenvalue weighted by Gasteiger charge is -2.25. The second-order valence-corrected chi connectivity index (χ2v) is 4.77. The molecule has 16 heavy (non-hydrogen) atoms. The lowest BCUT2D eigenvalue weighted by molar-refractivity contribution is 0.0825. The van der Waals surface area contributed by atoms with E-state index in [-0.39, 0.29) is 6.04 Å². The summed E-state index contributed by atoms with van der Waals surface area (Å²) in [5.74, 6) is 2.76. The molecule has 2 aliphatic rings. The van der Waals surface area contributed by atoms with Gasteiger partial charge < -0.3 is 15.0 Å². The van der Waals surface area contributed by atoms with Gasteiger partial charge in [0.15, 0.2) is 0 Å². The Hall–Kier alpha value is -0.940. The monoisotopic (exact) mass is 222 g/mol. The van der Waals surface area contributed by atoms with Gasteiger partial charge >= 0.3 is 0 Å². The summed E-state index contributed by atoms with van der Waals surface area (Å²) >= 11 is 0. The summed E-state index contributed by atoms with van der Waals surface area (Å²) in [6.07, 6.45) is 4.06. The van der Waals surface area contributed by atoms with E-state index in [1.54, 1.807) is 0 Å². The summed E-state index contributed by atoms with van der Waals surface area (Å²) in [6.45, 7) is 2.69. The first kappa shape index (κ1) is 10.2. The molecule has 2 aliphatic heterocycles. The Morgan fingerprint density at radius 2 is 2.00 bits per heavy atom. The van der Waals surface area contributed by atoms with Gasteiger partial charge in [-0.2, -0.15) is 0 Å². The zero-order valence-corrected chi connectivity index (χ0v) is 9.43. The fourth-order valence-electron chi connectivity index (χ4n) is 2.63. The first-order valence-corrected chi connectivity index (χ1v) is 6.10. The van der Waals surface area contributed by atoms with E-state index in [0.29, 0.717) is 5.92 Å². The van der Waals surface area contributed by atoms with Crippen LogP contribution in [-0.2, 0) is 17.7 Å². The van der Waals surface area contributed by atoms with E-state index in [0.717, 1.165) is 57.1 Å². The first-order valence-electron chi connectivity index (χ1n) is 6.10. The molecule has 0 bridgehead atoms. The van der Waals surface area contributed by atoms with Crippen molar-refractivity contribution in [3.63, 3.8) is 0 Å². The number of nitrogens with two attached hydrogens (primary N) is 1. The van der Waals surface area contributed by atoms with Gasteiger partial charge in [-0.15, -0.1) is 10.2 Å². The standard InChI is InChI=1S/C11H18N4O/c12-9-1-4-15-10(7-9)13-14-11(15)8-2-5-16-6-3-8/h8-9H,1-7,12H2. The number of hydrogen-bond acceptors (Lipinski definition) is 4. The van der Waals surface area contributed by atoms with Gasteiger partial charge in [-0.3, -0.25) is 0 Å². The highest BCUT2D eigenvalue weighted by Crippen LogP contribution is 2.27. The van der Waals surface area contributed by atoms with E-state index in [4.69, 9.17) is 10.5 Å². The molecule has 88 valence electrons. The molecule has 0 aliphatic carbocycles. The van der Waals surface area contributed by atoms with E-state index in [2.05, 4.69) is 14.8 Å². The fourth-order valence-corrected chi connectivity index (χ4v) is 2.63. The van der Waals surface area contributed by atoms with Gasteiger partial charge in [0.05, 0.1) is 0 Å². The minimum atomic E-state index is 0.263. The lowest BCUT2D eigenvalue weighted by Crippen LogP contribution is -2.32. The Labute approximate surface area is 95.0 Å². The fraction of sp³-hybridized carbons (Fsp3) is 0.818. The summed E-state index contributed by atoms with van der Waals surface area (Å²) in [6, 6.07) is 0.263. The molecule has 1 aromatic rings. The van der Waals surface area contributed by atoms with Crippen LogP contribution in [0.4, 0.5) is 0 Å². The Bertz CT molecular complexity index is 370. The normalized spacial score (nSPS) is 26.7. The Kier molecular flexibility index (Phi) is 2.65. The van der Waals surface area contributed by atoms with Crippen molar-refractivity contribution in [1.29, 1.82) is 0 Å². The molecule has 1 unspecified atom stereocenters. The molecule has 5 heteroatoms. The molecule has 3 heterocycles. The third-order valence-corrected chi connectivity index (χ3v) is 3.61. The van der Waals surface area contributed by atoms with Crippen LogP contribution >= 0.6 is 0 Å². The highest BCUT2D eigenvalue weighted by Gasteiger charge is 2.26. The highest BCUT2D eigenvalue weighted by molar-refractivity contribution is 5.06. The molecule has 2 N–H and O–H groups in total. The number of aromatic nitrogens is 3. The van der Waals surface area contributed by atoms with E-state index in [9.17, 15) is 0 Å². The van der Waals surface area contributed by atoms with Gasteiger partial charge in [-0.05, 0) is 19.3 Å². The minimum absolute atomic E-state index is 0.263. The van der Waals surface area contributed by atoms with Crippen LogP contribution < -0.4 is 5.73 Å². The van der Waals surface area contributed by atoms with Crippen molar-refractivity contribution in [3.8, 4) is 0 Å². The number of fused-ring (bicyclic) bond motifs is 1. The van der Waals surface area contributed by atoms with Gasteiger partial charge in [0.25, 0.3) is 0 Å². The zero-order valence-electron chi connectivity index (χ0n) is 9.43. The minimum Gasteiger partial charge on any atom is -0.381 e. The van der Waals surface area contributed by atoms with Gasteiger partial charge in [0.2, 0.25) is 0 Å². The predicted octanol–water partition coefficient (Wildman–Crippen LogP) is 0.446. The maximum Gasteiger partial charge on any atom is 0.136 e. The zero-order chi connectivity index (χ0) is 11.0. The molecule has 0 saturated carbocycles. The molecule has 1 aromatic heterocycles. The topological polar surface area (TPSA) is 66.0 Å². The van der Waals surface area contributed by atoms with Crippen molar-refractivity contribution < 1.29 is 4.74 Å². The molecule has 0 radical (unpaired) electrons. The molecule has 1 saturated heterocycles. The molecule has 0 spiro atoms. The smallest absolute Gasteiger partial charge is 0.136 e. The van der Waals surface area contributed by atoms with E-state index < -0.39 is 0 Å². The van der Waals surface area contributed by atoms with Crippen molar-refractivity contribution in [2.24, 2.45) is 5.73 Å². The summed E-state index contributed by atoms with van der Waals surface area (Å²) in [5.41, 5.74) is 5.94. The van der Waals surface area contributed by atoms with Gasteiger partial charge in [-0.1, -0.05) is 0 Å². The second kappa shape index (κ2) is 4.14. The Morgan fingerprint density at radius 3 is 2.81 bits per heavy atom. The van der Waals surface area contributed by atoms with Gasteiger partial charge in [0, 0.05) is 38.1 Å². The SMILES string of the molecule is NC1CCn2c(nnc2C2CCOCC2)C1. The van der Waals surface area contributed by atoms with Crippen LogP contribution in [0.3, 0.4) is 0 Å². The number of ether oxygens (including phenoxy) is 1. The van der Waals surface area contributed by atoms with E-state index in [1.807, 2.05) is 0 Å².